The average Bonchev–Trinajstić information content (AvgIpc) is 3.31. The van der Waals surface area contributed by atoms with E-state index < -0.39 is 5.54 Å². The summed E-state index contributed by atoms with van der Waals surface area (Å²) in [6.07, 6.45) is 10.5. The third-order valence-corrected chi connectivity index (χ3v) is 9.30. The Morgan fingerprint density at radius 3 is 2.59 bits per heavy atom. The van der Waals surface area contributed by atoms with E-state index >= 15 is 0 Å². The summed E-state index contributed by atoms with van der Waals surface area (Å²) in [5, 5.41) is 5.43. The first-order valence-electron chi connectivity index (χ1n) is 13.4. The molecular weight excluding hydrogens is 444 g/mol. The van der Waals surface area contributed by atoms with Crippen LogP contribution in [0.3, 0.4) is 0 Å². The summed E-state index contributed by atoms with van der Waals surface area (Å²) in [5.74, 6) is 0.753. The molecule has 4 heterocycles. The predicted octanol–water partition coefficient (Wildman–Crippen LogP) is 4.88. The van der Waals surface area contributed by atoms with Gasteiger partial charge in [0, 0.05) is 12.6 Å². The van der Waals surface area contributed by atoms with E-state index in [0.717, 1.165) is 73.6 Å². The van der Waals surface area contributed by atoms with Gasteiger partial charge < -0.3 is 19.7 Å². The van der Waals surface area contributed by atoms with Crippen LogP contribution in [0.1, 0.15) is 82.1 Å². The number of rotatable bonds is 6. The minimum Gasteiger partial charge on any atom is -0.351 e. The molecule has 6 nitrogen and oxygen atoms in total. The lowest BCUT2D eigenvalue weighted by molar-refractivity contribution is -0.133. The molecule has 1 N–H and O–H groups in total. The Kier molecular flexibility index (Phi) is 7.03. The molecule has 186 valence electrons. The molecule has 0 unspecified atom stereocenters. The Bertz CT molecular complexity index is 1010. The van der Waals surface area contributed by atoms with Crippen molar-refractivity contribution in [1.82, 2.24) is 19.7 Å². The van der Waals surface area contributed by atoms with E-state index in [1.807, 2.05) is 17.9 Å². The smallest absolute Gasteiger partial charge is 0.271 e. The second-order valence-corrected chi connectivity index (χ2v) is 12.0. The molecule has 5 rings (SSSR count). The van der Waals surface area contributed by atoms with Crippen molar-refractivity contribution in [3.63, 3.8) is 0 Å². The van der Waals surface area contributed by atoms with Crippen LogP contribution in [0.15, 0.2) is 17.5 Å². The zero-order valence-electron chi connectivity index (χ0n) is 20.9. The highest BCUT2D eigenvalue weighted by Crippen LogP contribution is 2.35. The molecule has 0 bridgehead atoms. The molecule has 2 aromatic heterocycles. The fraction of sp³-hybridized carbons (Fsp3) is 0.704. The topological polar surface area (TPSA) is 57.6 Å². The van der Waals surface area contributed by atoms with Crippen molar-refractivity contribution in [1.29, 1.82) is 0 Å². The first kappa shape index (κ1) is 23.9. The summed E-state index contributed by atoms with van der Waals surface area (Å²) in [6.45, 7) is 8.74. The summed E-state index contributed by atoms with van der Waals surface area (Å²) < 4.78 is 3.21. The molecule has 2 aliphatic heterocycles. The molecule has 1 saturated heterocycles. The molecular formula is C27H40N4O2S. The molecule has 0 spiro atoms. The number of carbonyl (C=O) groups excluding carboxylic acids is 2. The number of hydrogen-bond donors (Lipinski definition) is 1. The maximum atomic E-state index is 13.8. The van der Waals surface area contributed by atoms with E-state index in [0.29, 0.717) is 13.1 Å². The zero-order valence-corrected chi connectivity index (χ0v) is 21.7. The third-order valence-electron chi connectivity index (χ3n) is 8.44. The monoisotopic (exact) mass is 484 g/mol. The number of likely N-dealkylation sites (tertiary alicyclic amines) is 1. The summed E-state index contributed by atoms with van der Waals surface area (Å²) in [4.78, 5) is 32.0. The van der Waals surface area contributed by atoms with Crippen molar-refractivity contribution >= 4 is 33.4 Å². The van der Waals surface area contributed by atoms with Crippen molar-refractivity contribution in [3.05, 3.63) is 23.2 Å². The Morgan fingerprint density at radius 2 is 1.85 bits per heavy atom. The van der Waals surface area contributed by atoms with E-state index in [-0.39, 0.29) is 17.9 Å². The standard InChI is InChI=1S/C27H40N4O2S/c1-20-8-10-21(11-9-20)28-26(33)27(2)19-30-22-12-17-34-24(22)18-23(30)25(32)31(27)16-7-15-29-13-5-3-4-6-14-29/h12,17-18,20-21H,3-11,13-16,19H2,1-2H3,(H,28,33)/t20?,21?,27-/m1/s1. The molecule has 3 aliphatic rings. The van der Waals surface area contributed by atoms with Gasteiger partial charge in [-0.2, -0.15) is 0 Å². The number of carbonyl (C=O) groups is 2. The number of hydrogen-bond acceptors (Lipinski definition) is 4. The van der Waals surface area contributed by atoms with Gasteiger partial charge in [0.1, 0.15) is 11.2 Å². The van der Waals surface area contributed by atoms with Gasteiger partial charge >= 0.3 is 0 Å². The quantitative estimate of drug-likeness (QED) is 0.636. The fourth-order valence-corrected chi connectivity index (χ4v) is 7.00. The summed E-state index contributed by atoms with van der Waals surface area (Å²) >= 11 is 1.66. The van der Waals surface area contributed by atoms with E-state index in [9.17, 15) is 9.59 Å². The van der Waals surface area contributed by atoms with Gasteiger partial charge in [-0.25, -0.2) is 0 Å². The molecule has 2 fully saturated rings. The van der Waals surface area contributed by atoms with Crippen LogP contribution in [0.4, 0.5) is 0 Å². The number of thiophene rings is 1. The van der Waals surface area contributed by atoms with Crippen LogP contribution in [0.5, 0.6) is 0 Å². The van der Waals surface area contributed by atoms with Crippen LogP contribution in [0, 0.1) is 5.92 Å². The van der Waals surface area contributed by atoms with Crippen molar-refractivity contribution in [2.45, 2.75) is 89.8 Å². The van der Waals surface area contributed by atoms with Crippen LogP contribution in [-0.2, 0) is 11.3 Å². The Balaban J connectivity index is 1.36. The average molecular weight is 485 g/mol. The molecule has 1 atom stereocenters. The lowest BCUT2D eigenvalue weighted by atomic mass is 9.86. The Hall–Kier alpha value is -1.86. The van der Waals surface area contributed by atoms with Gasteiger partial charge in [-0.3, -0.25) is 9.59 Å². The van der Waals surface area contributed by atoms with Crippen LogP contribution in [-0.4, -0.2) is 63.9 Å². The Morgan fingerprint density at radius 1 is 1.12 bits per heavy atom. The molecule has 0 aromatic carbocycles. The van der Waals surface area contributed by atoms with Gasteiger partial charge in [-0.1, -0.05) is 19.8 Å². The van der Waals surface area contributed by atoms with Crippen molar-refractivity contribution in [3.8, 4) is 0 Å². The first-order valence-corrected chi connectivity index (χ1v) is 14.3. The molecule has 0 radical (unpaired) electrons. The van der Waals surface area contributed by atoms with Gasteiger partial charge in [0.15, 0.2) is 0 Å². The molecule has 1 saturated carbocycles. The van der Waals surface area contributed by atoms with E-state index in [2.05, 4.69) is 33.2 Å². The molecule has 7 heteroatoms. The number of aromatic nitrogens is 1. The highest BCUT2D eigenvalue weighted by molar-refractivity contribution is 7.17. The lowest BCUT2D eigenvalue weighted by Gasteiger charge is -2.45. The third kappa shape index (κ3) is 4.66. The van der Waals surface area contributed by atoms with Crippen molar-refractivity contribution < 1.29 is 9.59 Å². The zero-order chi connectivity index (χ0) is 23.7. The van der Waals surface area contributed by atoms with Crippen molar-refractivity contribution in [2.24, 2.45) is 5.92 Å². The number of fused-ring (bicyclic) bond motifs is 3. The van der Waals surface area contributed by atoms with Gasteiger partial charge in [-0.15, -0.1) is 11.3 Å². The van der Waals surface area contributed by atoms with Crippen LogP contribution in [0.25, 0.3) is 10.2 Å². The minimum absolute atomic E-state index is 0.000401. The number of amides is 2. The minimum atomic E-state index is -0.875. The SMILES string of the molecule is CC1CCC(NC(=O)[C@@]2(C)Cn3c(cc4sccc43)C(=O)N2CCCN2CCCCCC2)CC1. The van der Waals surface area contributed by atoms with Crippen molar-refractivity contribution in [2.75, 3.05) is 26.2 Å². The molecule has 2 amide bonds. The normalized spacial score (nSPS) is 28.6. The second-order valence-electron chi connectivity index (χ2n) is 11.1. The molecule has 34 heavy (non-hydrogen) atoms. The highest BCUT2D eigenvalue weighted by atomic mass is 32.1. The molecule has 1 aliphatic carbocycles. The van der Waals surface area contributed by atoms with Gasteiger partial charge in [0.25, 0.3) is 5.91 Å². The van der Waals surface area contributed by atoms with Gasteiger partial charge in [0.05, 0.1) is 16.8 Å². The summed E-state index contributed by atoms with van der Waals surface area (Å²) in [5.41, 5.74) is 0.927. The Labute approximate surface area is 207 Å². The summed E-state index contributed by atoms with van der Waals surface area (Å²) in [7, 11) is 0. The maximum Gasteiger partial charge on any atom is 0.271 e. The van der Waals surface area contributed by atoms with E-state index in [1.54, 1.807) is 11.3 Å². The first-order chi connectivity index (χ1) is 16.5. The predicted molar refractivity (Wildman–Crippen MR) is 138 cm³/mol. The second kappa shape index (κ2) is 10.0. The van der Waals surface area contributed by atoms with E-state index in [4.69, 9.17) is 0 Å². The number of nitrogens with zero attached hydrogens (tertiary/aromatic N) is 3. The number of nitrogens with one attached hydrogen (secondary N) is 1. The molecule has 2 aromatic rings. The maximum absolute atomic E-state index is 13.8. The fourth-order valence-electron chi connectivity index (χ4n) is 6.18. The van der Waals surface area contributed by atoms with Crippen LogP contribution >= 0.6 is 11.3 Å². The van der Waals surface area contributed by atoms with E-state index in [1.165, 1.54) is 25.7 Å². The van der Waals surface area contributed by atoms with Crippen LogP contribution in [0.2, 0.25) is 0 Å². The summed E-state index contributed by atoms with van der Waals surface area (Å²) in [6, 6.07) is 4.32. The lowest BCUT2D eigenvalue weighted by Crippen LogP contribution is -2.65. The highest BCUT2D eigenvalue weighted by Gasteiger charge is 2.48. The largest absolute Gasteiger partial charge is 0.351 e. The van der Waals surface area contributed by atoms with Gasteiger partial charge in [-0.05, 0) is 94.9 Å². The van der Waals surface area contributed by atoms with Gasteiger partial charge in [0.2, 0.25) is 5.91 Å². The van der Waals surface area contributed by atoms with Crippen LogP contribution < -0.4 is 5.32 Å².